The van der Waals surface area contributed by atoms with E-state index in [-0.39, 0.29) is 5.56 Å². The molecule has 0 unspecified atom stereocenters. The molecule has 7 nitrogen and oxygen atoms in total. The van der Waals surface area contributed by atoms with E-state index in [1.54, 1.807) is 18.6 Å². The Morgan fingerprint density at radius 2 is 1.78 bits per heavy atom. The Balaban J connectivity index is 1.56. The van der Waals surface area contributed by atoms with Gasteiger partial charge in [0.2, 0.25) is 0 Å². The Kier molecular flexibility index (Phi) is 5.87. The summed E-state index contributed by atoms with van der Waals surface area (Å²) < 4.78 is 1.82. The van der Waals surface area contributed by atoms with Crippen LogP contribution in [0.25, 0.3) is 22.4 Å². The Bertz CT molecular complexity index is 1250. The molecule has 4 heterocycles. The number of rotatable bonds is 6. The van der Waals surface area contributed by atoms with E-state index in [2.05, 4.69) is 20.3 Å². The zero-order valence-electron chi connectivity index (χ0n) is 17.9. The van der Waals surface area contributed by atoms with Gasteiger partial charge >= 0.3 is 0 Å². The summed E-state index contributed by atoms with van der Waals surface area (Å²) in [5.41, 5.74) is 3.86. The van der Waals surface area contributed by atoms with E-state index in [0.717, 1.165) is 29.8 Å². The summed E-state index contributed by atoms with van der Waals surface area (Å²) >= 11 is 0. The van der Waals surface area contributed by atoms with E-state index in [1.165, 1.54) is 19.3 Å². The molecule has 0 spiro atoms. The van der Waals surface area contributed by atoms with Gasteiger partial charge in [-0.25, -0.2) is 9.97 Å². The summed E-state index contributed by atoms with van der Waals surface area (Å²) in [7, 11) is 0. The molecule has 0 aliphatic heterocycles. The average Bonchev–Trinajstić information content (AvgIpc) is 2.86. The van der Waals surface area contributed by atoms with Crippen molar-refractivity contribution in [1.82, 2.24) is 24.5 Å². The normalized spacial score (nSPS) is 14.5. The van der Waals surface area contributed by atoms with Gasteiger partial charge < -0.3 is 5.32 Å². The fourth-order valence-corrected chi connectivity index (χ4v) is 4.39. The van der Waals surface area contributed by atoms with Crippen molar-refractivity contribution in [2.45, 2.75) is 45.2 Å². The van der Waals surface area contributed by atoms with Gasteiger partial charge in [0.15, 0.2) is 11.5 Å². The lowest BCUT2D eigenvalue weighted by atomic mass is 9.89. The second-order valence-electron chi connectivity index (χ2n) is 8.33. The van der Waals surface area contributed by atoms with Crippen LogP contribution < -0.4 is 10.9 Å². The first-order valence-electron chi connectivity index (χ1n) is 11.2. The third kappa shape index (κ3) is 4.37. The minimum absolute atomic E-state index is 0.126. The maximum atomic E-state index is 13.5. The lowest BCUT2D eigenvalue weighted by Gasteiger charge is -2.23. The molecule has 4 aromatic rings. The van der Waals surface area contributed by atoms with Crippen LogP contribution in [0.4, 0.5) is 5.82 Å². The Labute approximate surface area is 186 Å². The first kappa shape index (κ1) is 20.3. The topological polar surface area (TPSA) is 85.6 Å². The molecule has 5 rings (SSSR count). The van der Waals surface area contributed by atoms with Gasteiger partial charge in [0, 0.05) is 30.7 Å². The van der Waals surface area contributed by atoms with Crippen molar-refractivity contribution in [3.05, 3.63) is 77.1 Å². The van der Waals surface area contributed by atoms with Crippen LogP contribution in [0.3, 0.4) is 0 Å². The number of fused-ring (bicyclic) bond motifs is 1. The standard InChI is InChI=1S/C25H26N6O/c32-25-23(28-16-20-8-4-5-13-27-20)29-22-10-9-21(19-11-14-26-15-12-19)30-24(22)31(25)17-18-6-2-1-3-7-18/h4-5,8-15,18H,1-3,6-7,16-17H2,(H,28,29). The number of pyridine rings is 3. The van der Waals surface area contributed by atoms with E-state index < -0.39 is 0 Å². The van der Waals surface area contributed by atoms with Crippen LogP contribution in [-0.4, -0.2) is 24.5 Å². The molecule has 0 aromatic carbocycles. The molecule has 0 bridgehead atoms. The number of hydrogen-bond donors (Lipinski definition) is 1. The Morgan fingerprint density at radius 1 is 0.938 bits per heavy atom. The van der Waals surface area contributed by atoms with Gasteiger partial charge in [-0.2, -0.15) is 0 Å². The highest BCUT2D eigenvalue weighted by Crippen LogP contribution is 2.26. The molecule has 32 heavy (non-hydrogen) atoms. The van der Waals surface area contributed by atoms with Crippen molar-refractivity contribution in [2.75, 3.05) is 5.32 Å². The summed E-state index contributed by atoms with van der Waals surface area (Å²) in [6, 6.07) is 13.5. The molecule has 162 valence electrons. The SMILES string of the molecule is O=c1c(NCc2ccccn2)nc2ccc(-c3ccncc3)nc2n1CC1CCCCC1. The summed E-state index contributed by atoms with van der Waals surface area (Å²) in [6.45, 7) is 1.11. The molecule has 1 saturated carbocycles. The van der Waals surface area contributed by atoms with Crippen molar-refractivity contribution >= 4 is 17.0 Å². The van der Waals surface area contributed by atoms with Gasteiger partial charge in [0.05, 0.1) is 17.9 Å². The predicted molar refractivity (Wildman–Crippen MR) is 125 cm³/mol. The Hall–Kier alpha value is -3.61. The molecule has 0 amide bonds. The van der Waals surface area contributed by atoms with Crippen LogP contribution in [0.15, 0.2) is 65.8 Å². The maximum Gasteiger partial charge on any atom is 0.294 e. The summed E-state index contributed by atoms with van der Waals surface area (Å²) in [4.78, 5) is 31.4. The lowest BCUT2D eigenvalue weighted by Crippen LogP contribution is -2.29. The number of anilines is 1. The molecule has 0 saturated heterocycles. The van der Waals surface area contributed by atoms with Gasteiger partial charge in [0.25, 0.3) is 5.56 Å². The Morgan fingerprint density at radius 3 is 2.56 bits per heavy atom. The van der Waals surface area contributed by atoms with Crippen LogP contribution in [-0.2, 0) is 13.1 Å². The minimum atomic E-state index is -0.126. The van der Waals surface area contributed by atoms with E-state index >= 15 is 0 Å². The largest absolute Gasteiger partial charge is 0.360 e. The smallest absolute Gasteiger partial charge is 0.294 e. The second-order valence-corrected chi connectivity index (χ2v) is 8.33. The van der Waals surface area contributed by atoms with Gasteiger partial charge in [0.1, 0.15) is 5.52 Å². The molecule has 1 aliphatic carbocycles. The number of hydrogen-bond acceptors (Lipinski definition) is 6. The summed E-state index contributed by atoms with van der Waals surface area (Å²) in [5, 5.41) is 3.20. The van der Waals surface area contributed by atoms with Gasteiger partial charge in [-0.05, 0) is 55.2 Å². The van der Waals surface area contributed by atoms with Crippen molar-refractivity contribution < 1.29 is 0 Å². The monoisotopic (exact) mass is 426 g/mol. The fraction of sp³-hybridized carbons (Fsp3) is 0.320. The summed E-state index contributed by atoms with van der Waals surface area (Å²) in [6.07, 6.45) is 11.3. The van der Waals surface area contributed by atoms with Crippen LogP contribution >= 0.6 is 0 Å². The zero-order valence-corrected chi connectivity index (χ0v) is 17.9. The zero-order chi connectivity index (χ0) is 21.8. The summed E-state index contributed by atoms with van der Waals surface area (Å²) in [5.74, 6) is 0.833. The van der Waals surface area contributed by atoms with Crippen LogP contribution in [0.2, 0.25) is 0 Å². The van der Waals surface area contributed by atoms with Crippen molar-refractivity contribution in [3.8, 4) is 11.3 Å². The molecule has 1 N–H and O–H groups in total. The van der Waals surface area contributed by atoms with Crippen molar-refractivity contribution in [1.29, 1.82) is 0 Å². The third-order valence-corrected chi connectivity index (χ3v) is 6.09. The van der Waals surface area contributed by atoms with Crippen molar-refractivity contribution in [2.24, 2.45) is 5.92 Å². The highest BCUT2D eigenvalue weighted by atomic mass is 16.1. The van der Waals surface area contributed by atoms with Crippen LogP contribution in [0.5, 0.6) is 0 Å². The third-order valence-electron chi connectivity index (χ3n) is 6.09. The molecule has 4 aromatic heterocycles. The minimum Gasteiger partial charge on any atom is -0.360 e. The van der Waals surface area contributed by atoms with E-state index in [1.807, 2.05) is 47.0 Å². The van der Waals surface area contributed by atoms with Crippen LogP contribution in [0.1, 0.15) is 37.8 Å². The average molecular weight is 427 g/mol. The molecule has 1 fully saturated rings. The van der Waals surface area contributed by atoms with E-state index in [4.69, 9.17) is 4.98 Å². The van der Waals surface area contributed by atoms with Gasteiger partial charge in [-0.3, -0.25) is 19.3 Å². The molecular formula is C25H26N6O. The number of nitrogens with zero attached hydrogens (tertiary/aromatic N) is 5. The van der Waals surface area contributed by atoms with E-state index in [0.29, 0.717) is 36.0 Å². The lowest BCUT2D eigenvalue weighted by molar-refractivity contribution is 0.319. The van der Waals surface area contributed by atoms with Gasteiger partial charge in [-0.15, -0.1) is 0 Å². The molecule has 0 atom stereocenters. The molecule has 0 radical (unpaired) electrons. The quantitative estimate of drug-likeness (QED) is 0.491. The first-order valence-corrected chi connectivity index (χ1v) is 11.2. The number of aromatic nitrogens is 5. The first-order chi connectivity index (χ1) is 15.8. The van der Waals surface area contributed by atoms with Crippen LogP contribution in [0, 0.1) is 5.92 Å². The predicted octanol–water partition coefficient (Wildman–Crippen LogP) is 4.44. The highest BCUT2D eigenvalue weighted by molar-refractivity contribution is 5.76. The molecule has 1 aliphatic rings. The molecule has 7 heteroatoms. The van der Waals surface area contributed by atoms with Crippen molar-refractivity contribution in [3.63, 3.8) is 0 Å². The maximum absolute atomic E-state index is 13.5. The highest BCUT2D eigenvalue weighted by Gasteiger charge is 2.19. The van der Waals surface area contributed by atoms with Gasteiger partial charge in [-0.1, -0.05) is 25.3 Å². The fourth-order valence-electron chi connectivity index (χ4n) is 4.39. The van der Waals surface area contributed by atoms with E-state index in [9.17, 15) is 4.79 Å². The molecular weight excluding hydrogens is 400 g/mol. The second kappa shape index (κ2) is 9.26. The number of nitrogens with one attached hydrogen (secondary N) is 1.